The Morgan fingerprint density at radius 3 is 2.53 bits per heavy atom. The second-order valence-corrected chi connectivity index (χ2v) is 5.68. The van der Waals surface area contributed by atoms with Gasteiger partial charge in [-0.1, -0.05) is 49.6 Å². The van der Waals surface area contributed by atoms with Crippen molar-refractivity contribution in [3.63, 3.8) is 0 Å². The van der Waals surface area contributed by atoms with E-state index in [2.05, 4.69) is 30.4 Å². The van der Waals surface area contributed by atoms with Crippen LogP contribution in [0.25, 0.3) is 0 Å². The van der Waals surface area contributed by atoms with Gasteiger partial charge in [0.05, 0.1) is 12.5 Å². The zero-order valence-electron chi connectivity index (χ0n) is 11.8. The second-order valence-electron chi connectivity index (χ2n) is 5.68. The van der Waals surface area contributed by atoms with Crippen LogP contribution < -0.4 is 5.32 Å². The van der Waals surface area contributed by atoms with Crippen molar-refractivity contribution in [1.29, 1.82) is 5.26 Å². The van der Waals surface area contributed by atoms with Crippen LogP contribution in [0.2, 0.25) is 0 Å². The van der Waals surface area contributed by atoms with Crippen molar-refractivity contribution in [1.82, 2.24) is 5.32 Å². The maximum atomic E-state index is 9.03. The lowest BCUT2D eigenvalue weighted by Crippen LogP contribution is -2.37. The fraction of sp³-hybridized carbons (Fsp3) is 0.588. The number of hydrogen-bond acceptors (Lipinski definition) is 2. The van der Waals surface area contributed by atoms with Crippen LogP contribution in [0.3, 0.4) is 0 Å². The van der Waals surface area contributed by atoms with Crippen LogP contribution in [-0.2, 0) is 0 Å². The Morgan fingerprint density at radius 1 is 1.21 bits per heavy atom. The van der Waals surface area contributed by atoms with Crippen molar-refractivity contribution in [2.45, 2.75) is 57.5 Å². The second kappa shape index (κ2) is 7.31. The summed E-state index contributed by atoms with van der Waals surface area (Å²) in [6.07, 6.45) is 7.34. The summed E-state index contributed by atoms with van der Waals surface area (Å²) in [4.78, 5) is 0. The average molecular weight is 256 g/mol. The summed E-state index contributed by atoms with van der Waals surface area (Å²) >= 11 is 0. The van der Waals surface area contributed by atoms with Crippen LogP contribution in [0, 0.1) is 17.2 Å². The number of nitrogens with zero attached hydrogens (tertiary/aromatic N) is 1. The molecule has 1 N–H and O–H groups in total. The number of benzene rings is 1. The van der Waals surface area contributed by atoms with Gasteiger partial charge in [-0.25, -0.2) is 0 Å². The van der Waals surface area contributed by atoms with Gasteiger partial charge in [-0.15, -0.1) is 0 Å². The smallest absolute Gasteiger partial charge is 0.0641 e. The van der Waals surface area contributed by atoms with E-state index >= 15 is 0 Å². The van der Waals surface area contributed by atoms with Gasteiger partial charge in [0.2, 0.25) is 0 Å². The molecule has 19 heavy (non-hydrogen) atoms. The van der Waals surface area contributed by atoms with E-state index in [1.807, 2.05) is 18.2 Å². The van der Waals surface area contributed by atoms with E-state index in [1.165, 1.54) is 37.7 Å². The largest absolute Gasteiger partial charge is 0.306 e. The Labute approximate surface area is 116 Å². The molecule has 1 aromatic rings. The fourth-order valence-corrected chi connectivity index (χ4v) is 3.14. The first-order valence-corrected chi connectivity index (χ1v) is 7.49. The third-order valence-electron chi connectivity index (χ3n) is 4.32. The van der Waals surface area contributed by atoms with Gasteiger partial charge in [0.25, 0.3) is 0 Å². The van der Waals surface area contributed by atoms with Gasteiger partial charge in [-0.2, -0.15) is 5.26 Å². The van der Waals surface area contributed by atoms with E-state index in [-0.39, 0.29) is 6.04 Å². The highest BCUT2D eigenvalue weighted by Crippen LogP contribution is 2.28. The van der Waals surface area contributed by atoms with E-state index in [0.717, 1.165) is 5.92 Å². The molecular weight excluding hydrogens is 232 g/mol. The minimum atomic E-state index is 0.170. The quantitative estimate of drug-likeness (QED) is 0.857. The first-order valence-electron chi connectivity index (χ1n) is 7.49. The van der Waals surface area contributed by atoms with E-state index in [0.29, 0.717) is 12.5 Å². The zero-order chi connectivity index (χ0) is 13.5. The Balaban J connectivity index is 1.98. The highest BCUT2D eigenvalue weighted by Gasteiger charge is 2.22. The summed E-state index contributed by atoms with van der Waals surface area (Å²) in [5, 5.41) is 12.7. The van der Waals surface area contributed by atoms with Crippen molar-refractivity contribution in [3.8, 4) is 6.07 Å². The number of rotatable bonds is 5. The maximum Gasteiger partial charge on any atom is 0.0641 e. The third-order valence-corrected chi connectivity index (χ3v) is 4.32. The van der Waals surface area contributed by atoms with Crippen LogP contribution in [0.4, 0.5) is 0 Å². The maximum absolute atomic E-state index is 9.03. The van der Waals surface area contributed by atoms with Gasteiger partial charge in [-0.05, 0) is 31.2 Å². The van der Waals surface area contributed by atoms with E-state index in [4.69, 9.17) is 5.26 Å². The minimum Gasteiger partial charge on any atom is -0.306 e. The Morgan fingerprint density at radius 2 is 1.89 bits per heavy atom. The van der Waals surface area contributed by atoms with Crippen molar-refractivity contribution in [3.05, 3.63) is 35.9 Å². The SMILES string of the molecule is CC(NC(CC#N)c1ccccc1)C1CCCCC1. The first kappa shape index (κ1) is 14.1. The summed E-state index contributed by atoms with van der Waals surface area (Å²) in [5.41, 5.74) is 1.23. The minimum absolute atomic E-state index is 0.170. The molecule has 0 aliphatic heterocycles. The molecular formula is C17H24N2. The molecule has 0 spiro atoms. The molecule has 1 aliphatic carbocycles. The van der Waals surface area contributed by atoms with Gasteiger partial charge in [0, 0.05) is 12.1 Å². The third kappa shape index (κ3) is 4.08. The lowest BCUT2D eigenvalue weighted by atomic mass is 9.84. The van der Waals surface area contributed by atoms with Gasteiger partial charge >= 0.3 is 0 Å². The molecule has 1 saturated carbocycles. The summed E-state index contributed by atoms with van der Waals surface area (Å²) in [6.45, 7) is 2.28. The van der Waals surface area contributed by atoms with Crippen LogP contribution in [0.1, 0.15) is 57.1 Å². The van der Waals surface area contributed by atoms with Crippen molar-refractivity contribution >= 4 is 0 Å². The number of hydrogen-bond donors (Lipinski definition) is 1. The van der Waals surface area contributed by atoms with Crippen LogP contribution >= 0.6 is 0 Å². The van der Waals surface area contributed by atoms with Crippen LogP contribution in [0.15, 0.2) is 30.3 Å². The average Bonchev–Trinajstić information content (AvgIpc) is 2.48. The molecule has 2 rings (SSSR count). The van der Waals surface area contributed by atoms with E-state index in [9.17, 15) is 0 Å². The van der Waals surface area contributed by atoms with E-state index < -0.39 is 0 Å². The molecule has 1 aliphatic rings. The molecule has 0 radical (unpaired) electrons. The van der Waals surface area contributed by atoms with Crippen molar-refractivity contribution in [2.75, 3.05) is 0 Å². The Kier molecular flexibility index (Phi) is 5.42. The van der Waals surface area contributed by atoms with Crippen LogP contribution in [0.5, 0.6) is 0 Å². The highest BCUT2D eigenvalue weighted by molar-refractivity contribution is 5.20. The van der Waals surface area contributed by atoms with Crippen LogP contribution in [-0.4, -0.2) is 6.04 Å². The molecule has 2 unspecified atom stereocenters. The molecule has 0 heterocycles. The molecule has 1 aromatic carbocycles. The van der Waals surface area contributed by atoms with Gasteiger partial charge in [0.1, 0.15) is 0 Å². The van der Waals surface area contributed by atoms with Crippen molar-refractivity contribution < 1.29 is 0 Å². The summed E-state index contributed by atoms with van der Waals surface area (Å²) in [5.74, 6) is 0.777. The molecule has 0 saturated heterocycles. The topological polar surface area (TPSA) is 35.8 Å². The summed E-state index contributed by atoms with van der Waals surface area (Å²) in [6, 6.07) is 13.3. The molecule has 0 aromatic heterocycles. The standard InChI is InChI=1S/C17H24N2/c1-14(15-8-4-2-5-9-15)19-17(12-13-18)16-10-6-3-7-11-16/h3,6-7,10-11,14-15,17,19H,2,4-5,8-9,12H2,1H3. The molecule has 102 valence electrons. The first-order chi connectivity index (χ1) is 9.31. The number of nitriles is 1. The normalized spacial score (nSPS) is 19.6. The summed E-state index contributed by atoms with van der Waals surface area (Å²) < 4.78 is 0. The molecule has 2 nitrogen and oxygen atoms in total. The predicted molar refractivity (Wildman–Crippen MR) is 78.6 cm³/mol. The molecule has 2 atom stereocenters. The Hall–Kier alpha value is -1.33. The monoisotopic (exact) mass is 256 g/mol. The van der Waals surface area contributed by atoms with Gasteiger partial charge in [0.15, 0.2) is 0 Å². The van der Waals surface area contributed by atoms with Gasteiger partial charge in [-0.3, -0.25) is 0 Å². The fourth-order valence-electron chi connectivity index (χ4n) is 3.14. The number of nitrogens with one attached hydrogen (secondary N) is 1. The molecule has 1 fully saturated rings. The lowest BCUT2D eigenvalue weighted by Gasteiger charge is -2.31. The summed E-state index contributed by atoms with van der Waals surface area (Å²) in [7, 11) is 0. The lowest BCUT2D eigenvalue weighted by molar-refractivity contribution is 0.265. The molecule has 0 amide bonds. The highest BCUT2D eigenvalue weighted by atomic mass is 15.0. The zero-order valence-corrected chi connectivity index (χ0v) is 11.8. The predicted octanol–water partition coefficient (Wildman–Crippen LogP) is 4.20. The Bertz CT molecular complexity index is 401. The molecule has 2 heteroatoms. The van der Waals surface area contributed by atoms with Crippen molar-refractivity contribution in [2.24, 2.45) is 5.92 Å². The van der Waals surface area contributed by atoms with Gasteiger partial charge < -0.3 is 5.32 Å². The van der Waals surface area contributed by atoms with E-state index in [1.54, 1.807) is 0 Å². The molecule has 0 bridgehead atoms.